The Morgan fingerprint density at radius 1 is 1.47 bits per heavy atom. The normalized spacial score (nSPS) is 17.9. The molecule has 1 aromatic carbocycles. The smallest absolute Gasteiger partial charge is 0.227 e. The number of alkyl halides is 1. The summed E-state index contributed by atoms with van der Waals surface area (Å²) in [5, 5.41) is 0.983. The van der Waals surface area contributed by atoms with Crippen molar-refractivity contribution in [1.29, 1.82) is 0 Å². The standard InChI is InChI=1S/C16H22BrNO/c1-11(2)8-16(19)18-12(3)9-14-10-13(6-7-17)4-5-15(14)18/h4-5,10-12H,6-9H2,1-3H3. The maximum absolute atomic E-state index is 12.4. The van der Waals surface area contributed by atoms with E-state index >= 15 is 0 Å². The lowest BCUT2D eigenvalue weighted by atomic mass is 10.1. The van der Waals surface area contributed by atoms with Crippen LogP contribution in [0.1, 0.15) is 38.3 Å². The van der Waals surface area contributed by atoms with Crippen LogP contribution in [0.5, 0.6) is 0 Å². The van der Waals surface area contributed by atoms with E-state index in [1.54, 1.807) is 0 Å². The first-order valence-corrected chi connectivity index (χ1v) is 8.15. The van der Waals surface area contributed by atoms with Gasteiger partial charge in [-0.15, -0.1) is 0 Å². The predicted octanol–water partition coefficient (Wildman–Crippen LogP) is 3.95. The molecule has 0 aromatic heterocycles. The maximum atomic E-state index is 12.4. The second-order valence-corrected chi connectivity index (χ2v) is 6.61. The van der Waals surface area contributed by atoms with E-state index in [9.17, 15) is 4.79 Å². The van der Waals surface area contributed by atoms with Crippen molar-refractivity contribution in [3.8, 4) is 0 Å². The maximum Gasteiger partial charge on any atom is 0.227 e. The zero-order chi connectivity index (χ0) is 14.0. The van der Waals surface area contributed by atoms with E-state index < -0.39 is 0 Å². The van der Waals surface area contributed by atoms with Crippen LogP contribution in [0, 0.1) is 5.92 Å². The molecule has 1 unspecified atom stereocenters. The summed E-state index contributed by atoms with van der Waals surface area (Å²) in [6, 6.07) is 6.82. The van der Waals surface area contributed by atoms with E-state index in [-0.39, 0.29) is 5.91 Å². The van der Waals surface area contributed by atoms with Crippen molar-refractivity contribution in [2.75, 3.05) is 10.2 Å². The van der Waals surface area contributed by atoms with Gasteiger partial charge in [0.2, 0.25) is 5.91 Å². The molecule has 0 aliphatic carbocycles. The SMILES string of the molecule is CC(C)CC(=O)N1c2ccc(CCBr)cc2CC1C. The highest BCUT2D eigenvalue weighted by Gasteiger charge is 2.30. The van der Waals surface area contributed by atoms with Gasteiger partial charge in [-0.25, -0.2) is 0 Å². The summed E-state index contributed by atoms with van der Waals surface area (Å²) in [4.78, 5) is 14.4. The molecule has 0 spiro atoms. The van der Waals surface area contributed by atoms with Crippen molar-refractivity contribution in [2.24, 2.45) is 5.92 Å². The third kappa shape index (κ3) is 3.19. The van der Waals surface area contributed by atoms with E-state index in [1.165, 1.54) is 11.1 Å². The third-order valence-corrected chi connectivity index (χ3v) is 3.99. The fourth-order valence-corrected chi connectivity index (χ4v) is 3.23. The van der Waals surface area contributed by atoms with Crippen LogP contribution >= 0.6 is 15.9 Å². The van der Waals surface area contributed by atoms with Gasteiger partial charge in [0.25, 0.3) is 0 Å². The first-order chi connectivity index (χ1) is 9.02. The van der Waals surface area contributed by atoms with Crippen molar-refractivity contribution >= 4 is 27.5 Å². The summed E-state index contributed by atoms with van der Waals surface area (Å²) >= 11 is 3.48. The van der Waals surface area contributed by atoms with Crippen LogP contribution in [0.15, 0.2) is 18.2 Å². The number of carbonyl (C=O) groups is 1. The zero-order valence-electron chi connectivity index (χ0n) is 11.9. The summed E-state index contributed by atoms with van der Waals surface area (Å²) in [5.74, 6) is 0.672. The van der Waals surface area contributed by atoms with Crippen LogP contribution in [0.3, 0.4) is 0 Å². The fourth-order valence-electron chi connectivity index (χ4n) is 2.78. The molecule has 0 saturated heterocycles. The Bertz CT molecular complexity index is 470. The first-order valence-electron chi connectivity index (χ1n) is 7.02. The van der Waals surface area contributed by atoms with Crippen molar-refractivity contribution in [2.45, 2.75) is 46.1 Å². The highest BCUT2D eigenvalue weighted by atomic mass is 79.9. The van der Waals surface area contributed by atoms with E-state index in [2.05, 4.69) is 54.9 Å². The number of nitrogens with zero attached hydrogens (tertiary/aromatic N) is 1. The molecule has 0 radical (unpaired) electrons. The van der Waals surface area contributed by atoms with Gasteiger partial charge in [0, 0.05) is 23.5 Å². The van der Waals surface area contributed by atoms with Gasteiger partial charge in [0.1, 0.15) is 0 Å². The molecule has 0 N–H and O–H groups in total. The molecular weight excluding hydrogens is 302 g/mol. The molecule has 2 rings (SSSR count). The molecule has 2 nitrogen and oxygen atoms in total. The van der Waals surface area contributed by atoms with Gasteiger partial charge in [-0.2, -0.15) is 0 Å². The molecule has 1 aliphatic rings. The lowest BCUT2D eigenvalue weighted by molar-refractivity contribution is -0.119. The number of anilines is 1. The van der Waals surface area contributed by atoms with Crippen molar-refractivity contribution in [1.82, 2.24) is 0 Å². The summed E-state index contributed by atoms with van der Waals surface area (Å²) in [7, 11) is 0. The van der Waals surface area contributed by atoms with E-state index in [0.29, 0.717) is 18.4 Å². The number of hydrogen-bond donors (Lipinski definition) is 0. The molecular formula is C16H22BrNO. The minimum absolute atomic E-state index is 0.259. The van der Waals surface area contributed by atoms with E-state index in [0.717, 1.165) is 23.9 Å². The van der Waals surface area contributed by atoms with Gasteiger partial charge >= 0.3 is 0 Å². The molecule has 104 valence electrons. The van der Waals surface area contributed by atoms with E-state index in [1.807, 2.05) is 4.90 Å². The molecule has 1 aromatic rings. The van der Waals surface area contributed by atoms with Crippen LogP contribution in [-0.2, 0) is 17.6 Å². The third-order valence-electron chi connectivity index (χ3n) is 3.59. The Morgan fingerprint density at radius 2 is 2.21 bits per heavy atom. The fraction of sp³-hybridized carbons (Fsp3) is 0.562. The molecule has 0 bridgehead atoms. The molecule has 1 atom stereocenters. The second kappa shape index (κ2) is 6.08. The highest BCUT2D eigenvalue weighted by molar-refractivity contribution is 9.09. The number of benzene rings is 1. The average molecular weight is 324 g/mol. The number of carbonyl (C=O) groups excluding carboxylic acids is 1. The van der Waals surface area contributed by atoms with Crippen molar-refractivity contribution in [3.05, 3.63) is 29.3 Å². The zero-order valence-corrected chi connectivity index (χ0v) is 13.5. The first kappa shape index (κ1) is 14.6. The Morgan fingerprint density at radius 3 is 2.84 bits per heavy atom. The Hall–Kier alpha value is -0.830. The van der Waals surface area contributed by atoms with Crippen LogP contribution in [-0.4, -0.2) is 17.3 Å². The topological polar surface area (TPSA) is 20.3 Å². The minimum Gasteiger partial charge on any atom is -0.309 e. The molecule has 19 heavy (non-hydrogen) atoms. The quantitative estimate of drug-likeness (QED) is 0.768. The van der Waals surface area contributed by atoms with Gasteiger partial charge in [-0.3, -0.25) is 4.79 Å². The van der Waals surface area contributed by atoms with Gasteiger partial charge in [-0.1, -0.05) is 41.9 Å². The molecule has 0 fully saturated rings. The number of halogens is 1. The molecule has 1 heterocycles. The van der Waals surface area contributed by atoms with E-state index in [4.69, 9.17) is 0 Å². The van der Waals surface area contributed by atoms with Crippen LogP contribution < -0.4 is 4.90 Å². The average Bonchev–Trinajstić information content (AvgIpc) is 2.63. The van der Waals surface area contributed by atoms with Gasteiger partial charge in [0.15, 0.2) is 0 Å². The summed E-state index contributed by atoms with van der Waals surface area (Å²) < 4.78 is 0. The van der Waals surface area contributed by atoms with Crippen molar-refractivity contribution in [3.63, 3.8) is 0 Å². The molecule has 1 amide bonds. The van der Waals surface area contributed by atoms with Crippen molar-refractivity contribution < 1.29 is 4.79 Å². The minimum atomic E-state index is 0.259. The predicted molar refractivity (Wildman–Crippen MR) is 84.0 cm³/mol. The van der Waals surface area contributed by atoms with Crippen LogP contribution in [0.25, 0.3) is 0 Å². The lowest BCUT2D eigenvalue weighted by Gasteiger charge is -2.23. The Labute approximate surface area is 124 Å². The van der Waals surface area contributed by atoms with Gasteiger partial charge in [0.05, 0.1) is 0 Å². The number of hydrogen-bond acceptors (Lipinski definition) is 1. The van der Waals surface area contributed by atoms with Crippen LogP contribution in [0.2, 0.25) is 0 Å². The molecule has 3 heteroatoms. The lowest BCUT2D eigenvalue weighted by Crippen LogP contribution is -2.36. The Balaban J connectivity index is 2.24. The summed E-state index contributed by atoms with van der Waals surface area (Å²) in [6.45, 7) is 6.33. The number of aryl methyl sites for hydroxylation is 1. The number of amides is 1. The highest BCUT2D eigenvalue weighted by Crippen LogP contribution is 2.34. The Kier molecular flexibility index (Phi) is 4.67. The molecule has 1 aliphatic heterocycles. The second-order valence-electron chi connectivity index (χ2n) is 5.82. The number of rotatable bonds is 4. The van der Waals surface area contributed by atoms with Gasteiger partial charge < -0.3 is 4.90 Å². The summed E-state index contributed by atoms with van der Waals surface area (Å²) in [5.41, 5.74) is 3.79. The van der Waals surface area contributed by atoms with Crippen LogP contribution in [0.4, 0.5) is 5.69 Å². The monoisotopic (exact) mass is 323 g/mol. The number of fused-ring (bicyclic) bond motifs is 1. The largest absolute Gasteiger partial charge is 0.309 e. The molecule has 0 saturated carbocycles. The van der Waals surface area contributed by atoms with Gasteiger partial charge in [-0.05, 0) is 42.9 Å². The summed E-state index contributed by atoms with van der Waals surface area (Å²) in [6.07, 6.45) is 2.66.